The summed E-state index contributed by atoms with van der Waals surface area (Å²) in [5.74, 6) is -0.205. The number of nitrogens with zero attached hydrogens (tertiary/aromatic N) is 1. The molecule has 8 heteroatoms. The van der Waals surface area contributed by atoms with Gasteiger partial charge in [-0.25, -0.2) is 14.2 Å². The Hall–Kier alpha value is -1.99. The molecule has 1 aromatic heterocycles. The highest BCUT2D eigenvalue weighted by atomic mass is 19.3. The Balaban J connectivity index is 1.76. The molecule has 1 unspecified atom stereocenters. The number of amides is 2. The van der Waals surface area contributed by atoms with E-state index >= 15 is 0 Å². The summed E-state index contributed by atoms with van der Waals surface area (Å²) >= 11 is 0. The maximum atomic E-state index is 14.5. The van der Waals surface area contributed by atoms with E-state index in [-0.39, 0.29) is 18.5 Å². The lowest BCUT2D eigenvalue weighted by Gasteiger charge is -2.20. The zero-order valence-electron chi connectivity index (χ0n) is 14.2. The van der Waals surface area contributed by atoms with Crippen LogP contribution in [0, 0.1) is 0 Å². The topological polar surface area (TPSA) is 63.2 Å². The minimum Gasteiger partial charge on any atom is -0.417 e. The fourth-order valence-electron chi connectivity index (χ4n) is 3.06. The fraction of sp³-hybridized carbons (Fsp3) is 0.647. The van der Waals surface area contributed by atoms with E-state index in [1.165, 1.54) is 12.3 Å². The van der Waals surface area contributed by atoms with Crippen LogP contribution in [0.1, 0.15) is 51.0 Å². The highest BCUT2D eigenvalue weighted by molar-refractivity contribution is 5.74. The van der Waals surface area contributed by atoms with Gasteiger partial charge in [-0.3, -0.25) is 0 Å². The number of alkyl halides is 3. The molecule has 2 N–H and O–H groups in total. The number of carbonyl (C=O) groups is 1. The Kier molecular flexibility index (Phi) is 6.90. The van der Waals surface area contributed by atoms with Crippen LogP contribution in [-0.4, -0.2) is 29.3 Å². The van der Waals surface area contributed by atoms with Gasteiger partial charge in [0.15, 0.2) is 0 Å². The van der Waals surface area contributed by atoms with Crippen molar-refractivity contribution in [3.63, 3.8) is 0 Å². The second-order valence-corrected chi connectivity index (χ2v) is 6.40. The summed E-state index contributed by atoms with van der Waals surface area (Å²) in [6, 6.07) is 2.33. The van der Waals surface area contributed by atoms with Crippen molar-refractivity contribution in [1.82, 2.24) is 15.6 Å². The summed E-state index contributed by atoms with van der Waals surface area (Å²) in [7, 11) is 0. The minimum absolute atomic E-state index is 0.136. The van der Waals surface area contributed by atoms with Crippen molar-refractivity contribution in [2.24, 2.45) is 0 Å². The van der Waals surface area contributed by atoms with E-state index in [9.17, 15) is 18.0 Å². The van der Waals surface area contributed by atoms with Crippen LogP contribution in [-0.2, 0) is 6.54 Å². The van der Waals surface area contributed by atoms with Gasteiger partial charge < -0.3 is 15.4 Å². The second kappa shape index (κ2) is 8.92. The third-order valence-corrected chi connectivity index (χ3v) is 4.33. The molecular formula is C17H24F3N3O2. The van der Waals surface area contributed by atoms with Crippen LogP contribution < -0.4 is 15.4 Å². The van der Waals surface area contributed by atoms with E-state index in [0.717, 1.165) is 12.8 Å². The number of aromatic nitrogens is 1. The molecular weight excluding hydrogens is 335 g/mol. The molecule has 0 spiro atoms. The van der Waals surface area contributed by atoms with Gasteiger partial charge in [0.1, 0.15) is 5.67 Å². The lowest BCUT2D eigenvalue weighted by atomic mass is 9.97. The molecule has 25 heavy (non-hydrogen) atoms. The first-order valence-corrected chi connectivity index (χ1v) is 8.53. The molecule has 1 aliphatic rings. The number of rotatable bonds is 8. The number of halogens is 3. The minimum atomic E-state index is -2.95. The quantitative estimate of drug-likeness (QED) is 0.739. The smallest absolute Gasteiger partial charge is 0.388 e. The van der Waals surface area contributed by atoms with Gasteiger partial charge in [-0.2, -0.15) is 8.78 Å². The van der Waals surface area contributed by atoms with Gasteiger partial charge in [-0.1, -0.05) is 19.8 Å². The number of carbonyl (C=O) groups excluding carboxylic acids is 1. The van der Waals surface area contributed by atoms with Crippen molar-refractivity contribution in [1.29, 1.82) is 0 Å². The number of urea groups is 1. The molecule has 0 bridgehead atoms. The Bertz CT molecular complexity index is 574. The third kappa shape index (κ3) is 6.43. The summed E-state index contributed by atoms with van der Waals surface area (Å²) in [4.78, 5) is 15.6. The average Bonchev–Trinajstić information content (AvgIpc) is 2.92. The Labute approximate surface area is 145 Å². The molecule has 5 nitrogen and oxygen atoms in total. The number of ether oxygens (including phenoxy) is 1. The predicted octanol–water partition coefficient (Wildman–Crippen LogP) is 3.93. The van der Waals surface area contributed by atoms with Crippen molar-refractivity contribution >= 4 is 6.03 Å². The van der Waals surface area contributed by atoms with Crippen LogP contribution in [0.5, 0.6) is 5.88 Å². The zero-order valence-corrected chi connectivity index (χ0v) is 14.2. The van der Waals surface area contributed by atoms with Crippen LogP contribution in [0.25, 0.3) is 0 Å². The molecule has 0 aromatic carbocycles. The van der Waals surface area contributed by atoms with Crippen LogP contribution in [0.2, 0.25) is 0 Å². The highest BCUT2D eigenvalue weighted by Crippen LogP contribution is 2.37. The molecule has 0 saturated heterocycles. The first-order chi connectivity index (χ1) is 11.9. The molecule has 1 fully saturated rings. The molecule has 1 heterocycles. The van der Waals surface area contributed by atoms with E-state index in [1.54, 1.807) is 6.07 Å². The molecule has 1 aromatic rings. The number of hydrogen-bond acceptors (Lipinski definition) is 3. The molecule has 1 aliphatic carbocycles. The molecule has 140 valence electrons. The summed E-state index contributed by atoms with van der Waals surface area (Å²) < 4.78 is 43.1. The first-order valence-electron chi connectivity index (χ1n) is 8.53. The zero-order chi connectivity index (χ0) is 18.3. The van der Waals surface area contributed by atoms with Gasteiger partial charge in [0.25, 0.3) is 0 Å². The van der Waals surface area contributed by atoms with Crippen molar-refractivity contribution in [2.45, 2.75) is 70.3 Å². The van der Waals surface area contributed by atoms with Crippen molar-refractivity contribution in [3.8, 4) is 5.88 Å². The molecule has 2 amide bonds. The van der Waals surface area contributed by atoms with Crippen molar-refractivity contribution in [2.75, 3.05) is 0 Å². The predicted molar refractivity (Wildman–Crippen MR) is 87.2 cm³/mol. The Morgan fingerprint density at radius 2 is 2.32 bits per heavy atom. The number of unbranched alkanes of at least 4 members (excludes halogenated alkanes) is 1. The van der Waals surface area contributed by atoms with Crippen molar-refractivity contribution in [3.05, 3.63) is 23.9 Å². The molecule has 1 saturated carbocycles. The molecule has 0 aliphatic heterocycles. The van der Waals surface area contributed by atoms with Gasteiger partial charge in [0.2, 0.25) is 5.88 Å². The maximum Gasteiger partial charge on any atom is 0.388 e. The lowest BCUT2D eigenvalue weighted by Crippen LogP contribution is -2.41. The highest BCUT2D eigenvalue weighted by Gasteiger charge is 2.39. The van der Waals surface area contributed by atoms with Gasteiger partial charge in [-0.05, 0) is 30.9 Å². The van der Waals surface area contributed by atoms with E-state index in [1.807, 2.05) is 6.92 Å². The molecule has 2 atom stereocenters. The van der Waals surface area contributed by atoms with Crippen LogP contribution in [0.4, 0.5) is 18.0 Å². The second-order valence-electron chi connectivity index (χ2n) is 6.40. The lowest BCUT2D eigenvalue weighted by molar-refractivity contribution is -0.0529. The average molecular weight is 359 g/mol. The van der Waals surface area contributed by atoms with Gasteiger partial charge in [-0.15, -0.1) is 0 Å². The Morgan fingerprint density at radius 1 is 1.52 bits per heavy atom. The van der Waals surface area contributed by atoms with Crippen LogP contribution >= 0.6 is 0 Å². The monoisotopic (exact) mass is 359 g/mol. The standard InChI is InChI=1S/C17H24F3N3O2/c1-2-3-6-17(20)7-4-13(10-17)23-16(24)22-11-12-5-8-21-14(9-12)25-15(18)19/h5,8-9,13,15H,2-4,6-7,10-11H2,1H3,(H2,22,23,24)/t13-,17?/m1/s1. The maximum absolute atomic E-state index is 14.5. The summed E-state index contributed by atoms with van der Waals surface area (Å²) in [5, 5.41) is 5.40. The number of hydrogen-bond donors (Lipinski definition) is 2. The summed E-state index contributed by atoms with van der Waals surface area (Å²) in [5.41, 5.74) is -0.601. The van der Waals surface area contributed by atoms with Gasteiger partial charge in [0, 0.05) is 31.3 Å². The van der Waals surface area contributed by atoms with E-state index in [2.05, 4.69) is 20.4 Å². The van der Waals surface area contributed by atoms with Gasteiger partial charge in [0.05, 0.1) is 0 Å². The number of pyridine rings is 1. The van der Waals surface area contributed by atoms with E-state index < -0.39 is 18.3 Å². The van der Waals surface area contributed by atoms with Gasteiger partial charge >= 0.3 is 12.6 Å². The summed E-state index contributed by atoms with van der Waals surface area (Å²) in [6.07, 6.45) is 5.09. The van der Waals surface area contributed by atoms with E-state index in [0.29, 0.717) is 31.2 Å². The third-order valence-electron chi connectivity index (χ3n) is 4.33. The molecule has 2 rings (SSSR count). The summed E-state index contributed by atoms with van der Waals surface area (Å²) in [6.45, 7) is -0.787. The fourth-order valence-corrected chi connectivity index (χ4v) is 3.06. The largest absolute Gasteiger partial charge is 0.417 e. The van der Waals surface area contributed by atoms with Crippen LogP contribution in [0.15, 0.2) is 18.3 Å². The van der Waals surface area contributed by atoms with E-state index in [4.69, 9.17) is 0 Å². The normalized spacial score (nSPS) is 22.8. The molecule has 0 radical (unpaired) electrons. The SMILES string of the molecule is CCCCC1(F)CC[C@@H](NC(=O)NCc2ccnc(OC(F)F)c2)C1. The number of nitrogens with one attached hydrogen (secondary N) is 2. The Morgan fingerprint density at radius 3 is 3.04 bits per heavy atom. The van der Waals surface area contributed by atoms with Crippen LogP contribution in [0.3, 0.4) is 0 Å². The first kappa shape index (κ1) is 19.3. The van der Waals surface area contributed by atoms with Crippen molar-refractivity contribution < 1.29 is 22.7 Å².